The lowest BCUT2D eigenvalue weighted by Gasteiger charge is -2.50. The number of imide groups is 1. The number of aryl methyl sites for hydroxylation is 1. The molecule has 0 aromatic heterocycles. The van der Waals surface area contributed by atoms with Crippen LogP contribution in [0.25, 0.3) is 6.08 Å². The van der Waals surface area contributed by atoms with E-state index >= 15 is 0 Å². The zero-order chi connectivity index (χ0) is 25.7. The lowest BCUT2D eigenvalue weighted by atomic mass is 9.78. The maximum atomic E-state index is 13.1. The quantitative estimate of drug-likeness (QED) is 0.264. The van der Waals surface area contributed by atoms with Crippen molar-refractivity contribution >= 4 is 40.4 Å². The van der Waals surface area contributed by atoms with Crippen LogP contribution in [0.2, 0.25) is 0 Å². The highest BCUT2D eigenvalue weighted by Crippen LogP contribution is 2.46. The lowest BCUT2D eigenvalue weighted by molar-refractivity contribution is -0.384. The molecule has 0 radical (unpaired) electrons. The average Bonchev–Trinajstić information content (AvgIpc) is 3.01. The minimum Gasteiger partial charge on any atom is -0.364 e. The van der Waals surface area contributed by atoms with Crippen molar-refractivity contribution in [3.8, 4) is 0 Å². The number of amides is 2. The summed E-state index contributed by atoms with van der Waals surface area (Å²) in [4.78, 5) is 40.2. The van der Waals surface area contributed by atoms with Gasteiger partial charge in [-0.05, 0) is 99.2 Å². The number of carbonyl (C=O) groups excluding carboxylic acids is 2. The summed E-state index contributed by atoms with van der Waals surface area (Å²) in [5.41, 5.74) is 5.19. The third-order valence-corrected chi connectivity index (χ3v) is 7.74. The SMILES string of the molecule is Cc1cc2c(cc1/C=C1\SC(=O)N(Cc3ccc([N+](=O)[O-])cc3)C1=O)[C@H](C)CC(C)(C)N2C(C)C. The monoisotopic (exact) mass is 493 g/mol. The second kappa shape index (κ2) is 9.15. The smallest absolute Gasteiger partial charge is 0.293 e. The maximum Gasteiger partial charge on any atom is 0.293 e. The number of hydrogen-bond donors (Lipinski definition) is 0. The van der Waals surface area contributed by atoms with Crippen LogP contribution in [0.4, 0.5) is 16.2 Å². The summed E-state index contributed by atoms with van der Waals surface area (Å²) >= 11 is 0.936. The van der Waals surface area contributed by atoms with Crippen LogP contribution in [-0.4, -0.2) is 32.6 Å². The van der Waals surface area contributed by atoms with Gasteiger partial charge in [0.2, 0.25) is 0 Å². The van der Waals surface area contributed by atoms with Gasteiger partial charge in [-0.2, -0.15) is 0 Å². The van der Waals surface area contributed by atoms with E-state index in [1.807, 2.05) is 13.0 Å². The normalized spacial score (nSPS) is 20.7. The Morgan fingerprint density at radius 2 is 1.86 bits per heavy atom. The molecule has 35 heavy (non-hydrogen) atoms. The largest absolute Gasteiger partial charge is 0.364 e. The Kier molecular flexibility index (Phi) is 6.53. The second-order valence-electron chi connectivity index (χ2n) is 10.3. The van der Waals surface area contributed by atoms with E-state index in [0.717, 1.165) is 29.3 Å². The molecule has 0 aliphatic carbocycles. The molecule has 2 aliphatic heterocycles. The summed E-state index contributed by atoms with van der Waals surface area (Å²) in [5, 5.41) is 10.5. The number of hydrogen-bond acceptors (Lipinski definition) is 6. The molecule has 0 saturated carbocycles. The number of nitrogens with zero attached hydrogens (tertiary/aromatic N) is 3. The third kappa shape index (κ3) is 4.72. The highest BCUT2D eigenvalue weighted by Gasteiger charge is 2.39. The van der Waals surface area contributed by atoms with Crippen molar-refractivity contribution in [1.82, 2.24) is 4.90 Å². The molecular formula is C27H31N3O4S. The van der Waals surface area contributed by atoms with E-state index in [1.165, 1.54) is 28.3 Å². The van der Waals surface area contributed by atoms with E-state index < -0.39 is 4.92 Å². The Hall–Kier alpha value is -3.13. The van der Waals surface area contributed by atoms with Gasteiger partial charge in [-0.25, -0.2) is 0 Å². The Balaban J connectivity index is 1.63. The molecule has 0 bridgehead atoms. The van der Waals surface area contributed by atoms with Crippen LogP contribution in [-0.2, 0) is 11.3 Å². The zero-order valence-electron chi connectivity index (χ0n) is 21.0. The Bertz CT molecular complexity index is 1230. The van der Waals surface area contributed by atoms with Crippen molar-refractivity contribution in [2.24, 2.45) is 0 Å². The van der Waals surface area contributed by atoms with Gasteiger partial charge in [0.15, 0.2) is 0 Å². The first-order valence-electron chi connectivity index (χ1n) is 11.8. The molecule has 4 rings (SSSR count). The summed E-state index contributed by atoms with van der Waals surface area (Å²) in [6.07, 6.45) is 2.86. The van der Waals surface area contributed by atoms with E-state index in [2.05, 4.69) is 51.7 Å². The first-order valence-corrected chi connectivity index (χ1v) is 12.6. The minimum atomic E-state index is -0.476. The highest BCUT2D eigenvalue weighted by molar-refractivity contribution is 8.18. The molecule has 2 aliphatic rings. The standard InChI is InChI=1S/C27H31N3O4S/c1-16(2)29-23-11-17(3)20(12-22(23)18(4)14-27(29,5)6)13-24-25(31)28(26(32)35-24)15-19-7-9-21(10-8-19)30(33)34/h7-13,16,18H,14-15H2,1-6H3/b24-13-/t18-/m1/s1. The van der Waals surface area contributed by atoms with Gasteiger partial charge >= 0.3 is 0 Å². The van der Waals surface area contributed by atoms with Crippen LogP contribution < -0.4 is 4.90 Å². The van der Waals surface area contributed by atoms with E-state index in [4.69, 9.17) is 0 Å². The molecule has 8 heteroatoms. The fourth-order valence-corrected chi connectivity index (χ4v) is 6.26. The number of nitro benzene ring substituents is 1. The predicted molar refractivity (Wildman–Crippen MR) is 141 cm³/mol. The molecule has 0 N–H and O–H groups in total. The van der Waals surface area contributed by atoms with Crippen LogP contribution in [0.3, 0.4) is 0 Å². The van der Waals surface area contributed by atoms with E-state index in [0.29, 0.717) is 22.4 Å². The summed E-state index contributed by atoms with van der Waals surface area (Å²) in [7, 11) is 0. The highest BCUT2D eigenvalue weighted by atomic mass is 32.2. The van der Waals surface area contributed by atoms with E-state index in [9.17, 15) is 19.7 Å². The van der Waals surface area contributed by atoms with Gasteiger partial charge in [-0.15, -0.1) is 0 Å². The van der Waals surface area contributed by atoms with Crippen LogP contribution in [0.15, 0.2) is 41.3 Å². The summed E-state index contributed by atoms with van der Waals surface area (Å²) < 4.78 is 0. The van der Waals surface area contributed by atoms with Gasteiger partial charge in [-0.1, -0.05) is 19.1 Å². The molecule has 1 saturated heterocycles. The van der Waals surface area contributed by atoms with Crippen molar-refractivity contribution in [3.63, 3.8) is 0 Å². The van der Waals surface area contributed by atoms with E-state index in [-0.39, 0.29) is 28.9 Å². The molecule has 2 aromatic rings. The lowest BCUT2D eigenvalue weighted by Crippen LogP contribution is -2.51. The molecule has 7 nitrogen and oxygen atoms in total. The van der Waals surface area contributed by atoms with Gasteiger partial charge in [0.1, 0.15) is 0 Å². The molecule has 2 heterocycles. The van der Waals surface area contributed by atoms with Gasteiger partial charge < -0.3 is 4.90 Å². The number of benzene rings is 2. The molecule has 0 unspecified atom stereocenters. The van der Waals surface area contributed by atoms with Crippen LogP contribution in [0.5, 0.6) is 0 Å². The predicted octanol–water partition coefficient (Wildman–Crippen LogP) is 6.64. The number of thioether (sulfide) groups is 1. The van der Waals surface area contributed by atoms with Gasteiger partial charge in [0, 0.05) is 29.4 Å². The Morgan fingerprint density at radius 1 is 1.20 bits per heavy atom. The first-order chi connectivity index (χ1) is 16.4. The molecule has 2 aromatic carbocycles. The van der Waals surface area contributed by atoms with Gasteiger partial charge in [-0.3, -0.25) is 24.6 Å². The number of non-ortho nitro benzene ring substituents is 1. The Morgan fingerprint density at radius 3 is 2.46 bits per heavy atom. The molecule has 0 spiro atoms. The van der Waals surface area contributed by atoms with Gasteiger partial charge in [0.05, 0.1) is 16.4 Å². The van der Waals surface area contributed by atoms with Crippen LogP contribution >= 0.6 is 11.8 Å². The summed E-state index contributed by atoms with van der Waals surface area (Å²) in [5.74, 6) is 0.0356. The van der Waals surface area contributed by atoms with Crippen molar-refractivity contribution < 1.29 is 14.5 Å². The van der Waals surface area contributed by atoms with Crippen LogP contribution in [0, 0.1) is 17.0 Å². The number of anilines is 1. The van der Waals surface area contributed by atoms with Crippen molar-refractivity contribution in [1.29, 1.82) is 0 Å². The topological polar surface area (TPSA) is 83.8 Å². The average molecular weight is 494 g/mol. The molecule has 1 fully saturated rings. The minimum absolute atomic E-state index is 0.0284. The van der Waals surface area contributed by atoms with Crippen molar-refractivity contribution in [2.45, 2.75) is 72.0 Å². The third-order valence-electron chi connectivity index (χ3n) is 6.83. The number of rotatable bonds is 5. The molecule has 184 valence electrons. The fourth-order valence-electron chi connectivity index (χ4n) is 5.43. The Labute approximate surface area is 210 Å². The molecule has 1 atom stereocenters. The molecular weight excluding hydrogens is 462 g/mol. The van der Waals surface area contributed by atoms with Crippen LogP contribution in [0.1, 0.15) is 69.2 Å². The van der Waals surface area contributed by atoms with Crippen molar-refractivity contribution in [3.05, 3.63) is 73.7 Å². The zero-order valence-corrected chi connectivity index (χ0v) is 21.8. The van der Waals surface area contributed by atoms with E-state index in [1.54, 1.807) is 12.1 Å². The number of fused-ring (bicyclic) bond motifs is 1. The summed E-state index contributed by atoms with van der Waals surface area (Å²) in [6, 6.07) is 10.6. The molecule has 2 amide bonds. The fraction of sp³-hybridized carbons (Fsp3) is 0.407. The van der Waals surface area contributed by atoms with Gasteiger partial charge in [0.25, 0.3) is 16.8 Å². The second-order valence-corrected chi connectivity index (χ2v) is 11.3. The summed E-state index contributed by atoms with van der Waals surface area (Å²) in [6.45, 7) is 13.4. The first kappa shape index (κ1) is 25.0. The van der Waals surface area contributed by atoms with Crippen molar-refractivity contribution in [2.75, 3.05) is 4.90 Å². The maximum absolute atomic E-state index is 13.1. The number of carbonyl (C=O) groups is 2. The number of nitro groups is 1.